The van der Waals surface area contributed by atoms with Gasteiger partial charge in [-0.15, -0.1) is 0 Å². The average Bonchev–Trinajstić information content (AvgIpc) is 2.37. The molecule has 0 spiro atoms. The van der Waals surface area contributed by atoms with Gasteiger partial charge in [0.1, 0.15) is 11.6 Å². The van der Waals surface area contributed by atoms with Crippen LogP contribution >= 0.6 is 11.6 Å². The minimum absolute atomic E-state index is 0.0284. The summed E-state index contributed by atoms with van der Waals surface area (Å²) in [5, 5.41) is 15.1. The molecule has 2 N–H and O–H groups in total. The zero-order chi connectivity index (χ0) is 14.3. The second-order valence-electron chi connectivity index (χ2n) is 4.43. The summed E-state index contributed by atoms with van der Waals surface area (Å²) in [5.74, 6) is -0.0458. The fourth-order valence-corrected chi connectivity index (χ4v) is 1.46. The van der Waals surface area contributed by atoms with Crippen LogP contribution < -0.4 is 10.6 Å². The lowest BCUT2D eigenvalue weighted by atomic mass is 10.2. The number of nitrogens with one attached hydrogen (secondary N) is 2. The minimum Gasteiger partial charge on any atom is -0.360 e. The monoisotopic (exact) mass is 277 g/mol. The molecule has 0 aliphatic carbocycles. The molecule has 0 radical (unpaired) electrons. The maximum absolute atomic E-state index is 11.7. The number of hydrogen-bond acceptors (Lipinski definition) is 3. The van der Waals surface area contributed by atoms with Crippen molar-refractivity contribution in [3.8, 4) is 6.07 Å². The second-order valence-corrected chi connectivity index (χ2v) is 4.86. The van der Waals surface area contributed by atoms with Gasteiger partial charge in [0.2, 0.25) is 0 Å². The smallest absolute Gasteiger partial charge is 0.263 e. The summed E-state index contributed by atoms with van der Waals surface area (Å²) in [5.41, 5.74) is 0.748. The van der Waals surface area contributed by atoms with E-state index >= 15 is 0 Å². The summed E-state index contributed by atoms with van der Waals surface area (Å²) in [6, 6.07) is 8.89. The Kier molecular flexibility index (Phi) is 5.91. The number of amides is 1. The molecule has 0 heterocycles. The molecule has 0 atom stereocenters. The van der Waals surface area contributed by atoms with E-state index in [4.69, 9.17) is 16.9 Å². The molecule has 100 valence electrons. The average molecular weight is 278 g/mol. The number of carbonyl (C=O) groups is 1. The Hall–Kier alpha value is -1.99. The predicted octanol–water partition coefficient (Wildman–Crippen LogP) is 2.93. The summed E-state index contributed by atoms with van der Waals surface area (Å²) >= 11 is 5.84. The molecule has 0 aliphatic heterocycles. The van der Waals surface area contributed by atoms with Crippen molar-refractivity contribution >= 4 is 23.2 Å². The Bertz CT molecular complexity index is 518. The summed E-state index contributed by atoms with van der Waals surface area (Å²) in [6.45, 7) is 4.51. The van der Waals surface area contributed by atoms with E-state index in [2.05, 4.69) is 10.6 Å². The molecule has 0 aliphatic rings. The molecule has 1 aromatic rings. The molecule has 0 aromatic heterocycles. The fraction of sp³-hybridized carbons (Fsp3) is 0.286. The number of rotatable bonds is 5. The Labute approximate surface area is 118 Å². The number of nitrogens with zero attached hydrogens (tertiary/aromatic N) is 1. The Morgan fingerprint density at radius 3 is 2.84 bits per heavy atom. The van der Waals surface area contributed by atoms with E-state index in [0.717, 1.165) is 5.69 Å². The quantitative estimate of drug-likeness (QED) is 0.642. The van der Waals surface area contributed by atoms with Gasteiger partial charge in [0.25, 0.3) is 5.91 Å². The first-order valence-electron chi connectivity index (χ1n) is 5.93. The fourth-order valence-electron chi connectivity index (χ4n) is 1.27. The zero-order valence-electron chi connectivity index (χ0n) is 10.9. The third-order valence-electron chi connectivity index (χ3n) is 2.24. The van der Waals surface area contributed by atoms with Crippen LogP contribution in [0.4, 0.5) is 5.69 Å². The number of halogens is 1. The highest BCUT2D eigenvalue weighted by molar-refractivity contribution is 6.30. The van der Waals surface area contributed by atoms with Crippen LogP contribution in [0, 0.1) is 17.2 Å². The highest BCUT2D eigenvalue weighted by atomic mass is 35.5. The van der Waals surface area contributed by atoms with E-state index in [0.29, 0.717) is 17.5 Å². The van der Waals surface area contributed by atoms with E-state index in [1.165, 1.54) is 6.20 Å². The number of anilines is 1. The molecule has 1 rings (SSSR count). The minimum atomic E-state index is -0.384. The molecule has 1 aromatic carbocycles. The van der Waals surface area contributed by atoms with Crippen molar-refractivity contribution in [3.63, 3.8) is 0 Å². The van der Waals surface area contributed by atoms with E-state index in [9.17, 15) is 4.79 Å². The van der Waals surface area contributed by atoms with Gasteiger partial charge in [0.05, 0.1) is 0 Å². The van der Waals surface area contributed by atoms with Crippen molar-refractivity contribution < 1.29 is 4.79 Å². The van der Waals surface area contributed by atoms with Crippen LogP contribution in [-0.2, 0) is 4.79 Å². The molecule has 5 heteroatoms. The predicted molar refractivity (Wildman–Crippen MR) is 76.6 cm³/mol. The van der Waals surface area contributed by atoms with Gasteiger partial charge < -0.3 is 10.6 Å². The molecule has 0 saturated carbocycles. The SMILES string of the molecule is CC(C)CNC(=O)/C(C#N)=C\Nc1cccc(Cl)c1. The van der Waals surface area contributed by atoms with E-state index in [-0.39, 0.29) is 11.5 Å². The number of hydrogen-bond donors (Lipinski definition) is 2. The van der Waals surface area contributed by atoms with Gasteiger partial charge in [0, 0.05) is 23.5 Å². The van der Waals surface area contributed by atoms with Crippen LogP contribution in [-0.4, -0.2) is 12.5 Å². The number of carbonyl (C=O) groups excluding carboxylic acids is 1. The standard InChI is InChI=1S/C14H16ClN3O/c1-10(2)8-18-14(19)11(7-16)9-17-13-5-3-4-12(15)6-13/h3-6,9-10,17H,8H2,1-2H3,(H,18,19)/b11-9-. The topological polar surface area (TPSA) is 64.9 Å². The van der Waals surface area contributed by atoms with Crippen LogP contribution in [0.15, 0.2) is 36.0 Å². The third-order valence-corrected chi connectivity index (χ3v) is 2.48. The van der Waals surface area contributed by atoms with Crippen molar-refractivity contribution in [2.24, 2.45) is 5.92 Å². The van der Waals surface area contributed by atoms with Gasteiger partial charge >= 0.3 is 0 Å². The molecular formula is C14H16ClN3O. The number of benzene rings is 1. The van der Waals surface area contributed by atoms with Gasteiger partial charge in [-0.05, 0) is 24.1 Å². The van der Waals surface area contributed by atoms with Crippen molar-refractivity contribution in [2.75, 3.05) is 11.9 Å². The molecule has 0 bridgehead atoms. The van der Waals surface area contributed by atoms with Crippen LogP contribution in [0.5, 0.6) is 0 Å². The lowest BCUT2D eigenvalue weighted by Gasteiger charge is -2.07. The second kappa shape index (κ2) is 7.45. The zero-order valence-corrected chi connectivity index (χ0v) is 11.7. The number of nitriles is 1. The van der Waals surface area contributed by atoms with Gasteiger partial charge in [-0.1, -0.05) is 31.5 Å². The van der Waals surface area contributed by atoms with E-state index in [1.807, 2.05) is 19.9 Å². The molecule has 0 saturated heterocycles. The van der Waals surface area contributed by atoms with Crippen LogP contribution in [0.3, 0.4) is 0 Å². The van der Waals surface area contributed by atoms with E-state index < -0.39 is 0 Å². The third kappa shape index (κ3) is 5.45. The van der Waals surface area contributed by atoms with Crippen molar-refractivity contribution in [3.05, 3.63) is 41.1 Å². The highest BCUT2D eigenvalue weighted by Gasteiger charge is 2.08. The largest absolute Gasteiger partial charge is 0.360 e. The van der Waals surface area contributed by atoms with Gasteiger partial charge in [-0.3, -0.25) is 4.79 Å². The van der Waals surface area contributed by atoms with Gasteiger partial charge in [0.15, 0.2) is 0 Å². The first kappa shape index (κ1) is 15.1. The van der Waals surface area contributed by atoms with Crippen LogP contribution in [0.25, 0.3) is 0 Å². The lowest BCUT2D eigenvalue weighted by molar-refractivity contribution is -0.117. The maximum Gasteiger partial charge on any atom is 0.263 e. The Morgan fingerprint density at radius 1 is 1.53 bits per heavy atom. The maximum atomic E-state index is 11.7. The molecule has 0 unspecified atom stereocenters. The summed E-state index contributed by atoms with van der Waals surface area (Å²) in [6.07, 6.45) is 1.38. The van der Waals surface area contributed by atoms with Crippen molar-refractivity contribution in [1.82, 2.24) is 5.32 Å². The molecular weight excluding hydrogens is 262 g/mol. The Balaban J connectivity index is 2.67. The van der Waals surface area contributed by atoms with E-state index in [1.54, 1.807) is 24.3 Å². The van der Waals surface area contributed by atoms with Crippen LogP contribution in [0.2, 0.25) is 5.02 Å². The van der Waals surface area contributed by atoms with Gasteiger partial charge in [-0.25, -0.2) is 0 Å². The molecule has 1 amide bonds. The normalized spacial score (nSPS) is 11.0. The summed E-state index contributed by atoms with van der Waals surface area (Å²) in [4.78, 5) is 11.7. The first-order chi connectivity index (χ1) is 9.02. The highest BCUT2D eigenvalue weighted by Crippen LogP contribution is 2.15. The van der Waals surface area contributed by atoms with Crippen LogP contribution in [0.1, 0.15) is 13.8 Å². The van der Waals surface area contributed by atoms with Gasteiger partial charge in [-0.2, -0.15) is 5.26 Å². The summed E-state index contributed by atoms with van der Waals surface area (Å²) in [7, 11) is 0. The molecule has 0 fully saturated rings. The molecule has 19 heavy (non-hydrogen) atoms. The van der Waals surface area contributed by atoms with Crippen molar-refractivity contribution in [2.45, 2.75) is 13.8 Å². The van der Waals surface area contributed by atoms with Crippen molar-refractivity contribution in [1.29, 1.82) is 5.26 Å². The Morgan fingerprint density at radius 2 is 2.26 bits per heavy atom. The summed E-state index contributed by atoms with van der Waals surface area (Å²) < 4.78 is 0. The first-order valence-corrected chi connectivity index (χ1v) is 6.31. The molecule has 4 nitrogen and oxygen atoms in total. The lowest BCUT2D eigenvalue weighted by Crippen LogP contribution is -2.28.